The number of halogens is 3. The Morgan fingerprint density at radius 2 is 1.92 bits per heavy atom. The number of sulfonamides is 1. The fourth-order valence-corrected chi connectivity index (χ4v) is 3.01. The van der Waals surface area contributed by atoms with Crippen LogP contribution in [0.4, 0.5) is 13.2 Å². The lowest BCUT2D eigenvalue weighted by Crippen LogP contribution is -2.38. The SMILES string of the molecule is O=S(=O)(OCCN([O-])S(=O)(=O)C(F)(F)F)c1ccc2oncc2c1. The highest BCUT2D eigenvalue weighted by Gasteiger charge is 2.46. The molecule has 1 aromatic carbocycles. The molecule has 0 aliphatic carbocycles. The van der Waals surface area contributed by atoms with Crippen molar-refractivity contribution in [2.45, 2.75) is 10.4 Å². The van der Waals surface area contributed by atoms with Crippen LogP contribution in [0.15, 0.2) is 33.8 Å². The van der Waals surface area contributed by atoms with E-state index >= 15 is 0 Å². The van der Waals surface area contributed by atoms with E-state index in [2.05, 4.69) is 9.34 Å². The third-order valence-electron chi connectivity index (χ3n) is 2.69. The summed E-state index contributed by atoms with van der Waals surface area (Å²) in [6, 6.07) is 3.49. The molecule has 0 radical (unpaired) electrons. The third-order valence-corrected chi connectivity index (χ3v) is 5.30. The number of hydrogen-bond acceptors (Lipinski definition) is 8. The summed E-state index contributed by atoms with van der Waals surface area (Å²) < 4.78 is 89.5. The minimum absolute atomic E-state index is 0.288. The van der Waals surface area contributed by atoms with Crippen LogP contribution in [0.25, 0.3) is 11.0 Å². The fraction of sp³-hybridized carbons (Fsp3) is 0.300. The van der Waals surface area contributed by atoms with Gasteiger partial charge in [-0.15, -0.1) is 0 Å². The highest BCUT2D eigenvalue weighted by molar-refractivity contribution is 7.90. The van der Waals surface area contributed by atoms with E-state index in [0.29, 0.717) is 5.39 Å². The Morgan fingerprint density at radius 1 is 1.25 bits per heavy atom. The van der Waals surface area contributed by atoms with Gasteiger partial charge >= 0.3 is 15.5 Å². The summed E-state index contributed by atoms with van der Waals surface area (Å²) in [5.41, 5.74) is -5.50. The van der Waals surface area contributed by atoms with Crippen molar-refractivity contribution in [3.8, 4) is 0 Å². The molecule has 0 fully saturated rings. The Bertz CT molecular complexity index is 937. The molecule has 0 N–H and O–H groups in total. The Balaban J connectivity index is 2.05. The van der Waals surface area contributed by atoms with Gasteiger partial charge in [-0.2, -0.15) is 21.6 Å². The normalized spacial score (nSPS) is 13.7. The molecule has 24 heavy (non-hydrogen) atoms. The number of alkyl halides is 3. The first-order valence-corrected chi connectivity index (χ1v) is 8.80. The number of hydrogen-bond donors (Lipinski definition) is 0. The van der Waals surface area contributed by atoms with Gasteiger partial charge in [0.05, 0.1) is 17.7 Å². The number of aromatic nitrogens is 1. The monoisotopic (exact) mass is 389 g/mol. The molecule has 9 nitrogen and oxygen atoms in total. The van der Waals surface area contributed by atoms with Crippen molar-refractivity contribution < 1.29 is 38.7 Å². The second-order valence-electron chi connectivity index (χ2n) is 4.28. The smallest absolute Gasteiger partial charge is 0.510 e. The van der Waals surface area contributed by atoms with E-state index in [4.69, 9.17) is 4.52 Å². The van der Waals surface area contributed by atoms with Crippen LogP contribution in [-0.4, -0.2) is 45.1 Å². The highest BCUT2D eigenvalue weighted by atomic mass is 32.2. The van der Waals surface area contributed by atoms with Crippen molar-refractivity contribution >= 4 is 31.1 Å². The van der Waals surface area contributed by atoms with E-state index in [0.717, 1.165) is 12.1 Å². The van der Waals surface area contributed by atoms with E-state index in [1.54, 1.807) is 0 Å². The van der Waals surface area contributed by atoms with Gasteiger partial charge in [-0.1, -0.05) is 5.16 Å². The Labute approximate surface area is 133 Å². The molecular formula is C10H8F3N2O7S2-. The van der Waals surface area contributed by atoms with E-state index in [1.807, 2.05) is 0 Å². The van der Waals surface area contributed by atoms with Gasteiger partial charge in [-0.25, -0.2) is 8.42 Å². The average Bonchev–Trinajstić information content (AvgIpc) is 2.93. The summed E-state index contributed by atoms with van der Waals surface area (Å²) in [7, 11) is -10.5. The molecule has 0 amide bonds. The quantitative estimate of drug-likeness (QED) is 0.532. The zero-order chi connectivity index (χ0) is 18.2. The summed E-state index contributed by atoms with van der Waals surface area (Å²) >= 11 is 0. The predicted molar refractivity (Wildman–Crippen MR) is 72.2 cm³/mol. The number of benzene rings is 1. The van der Waals surface area contributed by atoms with Gasteiger partial charge in [0.15, 0.2) is 5.58 Å². The lowest BCUT2D eigenvalue weighted by molar-refractivity contribution is -0.0478. The largest absolute Gasteiger partial charge is 0.772 e. The third kappa shape index (κ3) is 3.67. The molecular weight excluding hydrogens is 381 g/mol. The zero-order valence-electron chi connectivity index (χ0n) is 11.4. The van der Waals surface area contributed by atoms with Gasteiger partial charge < -0.3 is 9.73 Å². The van der Waals surface area contributed by atoms with Crippen molar-refractivity contribution in [2.24, 2.45) is 0 Å². The number of rotatable bonds is 6. The van der Waals surface area contributed by atoms with Crippen molar-refractivity contribution in [1.82, 2.24) is 9.63 Å². The first kappa shape index (κ1) is 18.6. The molecule has 14 heteroatoms. The maximum atomic E-state index is 12.1. The van der Waals surface area contributed by atoms with Gasteiger partial charge in [0.2, 0.25) is 0 Å². The van der Waals surface area contributed by atoms with Gasteiger partial charge in [0, 0.05) is 11.9 Å². The van der Waals surface area contributed by atoms with Crippen molar-refractivity contribution in [2.75, 3.05) is 13.2 Å². The van der Waals surface area contributed by atoms with Crippen molar-refractivity contribution in [3.63, 3.8) is 0 Å². The zero-order valence-corrected chi connectivity index (χ0v) is 13.1. The maximum absolute atomic E-state index is 12.1. The first-order valence-electron chi connectivity index (χ1n) is 5.95. The Kier molecular flexibility index (Phi) is 4.87. The molecule has 134 valence electrons. The Morgan fingerprint density at radius 3 is 2.54 bits per heavy atom. The first-order chi connectivity index (χ1) is 10.9. The summed E-state index contributed by atoms with van der Waals surface area (Å²) in [6.45, 7) is -2.45. The van der Waals surface area contributed by atoms with Gasteiger partial charge in [-0.05, 0) is 18.2 Å². The highest BCUT2D eigenvalue weighted by Crippen LogP contribution is 2.26. The van der Waals surface area contributed by atoms with E-state index in [9.17, 15) is 35.2 Å². The molecule has 1 aromatic heterocycles. The van der Waals surface area contributed by atoms with E-state index < -0.39 is 43.3 Å². The van der Waals surface area contributed by atoms with Crippen LogP contribution < -0.4 is 0 Å². The maximum Gasteiger partial charge on any atom is 0.510 e. The molecule has 2 aromatic rings. The van der Waals surface area contributed by atoms with Gasteiger partial charge in [0.25, 0.3) is 10.1 Å². The molecule has 0 aliphatic heterocycles. The van der Waals surface area contributed by atoms with E-state index in [-0.39, 0.29) is 10.5 Å². The number of hydroxylamine groups is 1. The molecule has 0 spiro atoms. The van der Waals surface area contributed by atoms with Crippen LogP contribution in [0.2, 0.25) is 0 Å². The van der Waals surface area contributed by atoms with Crippen LogP contribution in [0.5, 0.6) is 0 Å². The fourth-order valence-electron chi connectivity index (χ4n) is 1.53. The van der Waals surface area contributed by atoms with Crippen LogP contribution >= 0.6 is 0 Å². The number of fused-ring (bicyclic) bond motifs is 1. The summed E-state index contributed by atoms with van der Waals surface area (Å²) in [5.74, 6) is 0. The summed E-state index contributed by atoms with van der Waals surface area (Å²) in [5, 5.41) is 14.7. The molecule has 0 saturated heterocycles. The standard InChI is InChI=1S/C10H8F3N2O7S2/c11-10(12,13)24(19,20)15(16)3-4-21-23(17,18)8-1-2-9-7(5-8)6-14-22-9/h1-2,5-6H,3-4H2/q-1. The second-order valence-corrected chi connectivity index (χ2v) is 7.71. The van der Waals surface area contributed by atoms with Crippen LogP contribution in [0.3, 0.4) is 0 Å². The lowest BCUT2D eigenvalue weighted by atomic mass is 10.3. The summed E-state index contributed by atoms with van der Waals surface area (Å²) in [6.07, 6.45) is 1.23. The van der Waals surface area contributed by atoms with E-state index in [1.165, 1.54) is 12.3 Å². The Hall–Kier alpha value is -1.74. The van der Waals surface area contributed by atoms with Crippen molar-refractivity contribution in [3.05, 3.63) is 29.6 Å². The molecule has 1 heterocycles. The molecule has 0 saturated carbocycles. The molecule has 0 atom stereocenters. The minimum Gasteiger partial charge on any atom is -0.772 e. The second kappa shape index (κ2) is 6.29. The molecule has 2 rings (SSSR count). The van der Waals surface area contributed by atoms with Crippen LogP contribution in [0.1, 0.15) is 0 Å². The molecule has 0 bridgehead atoms. The molecule has 0 aliphatic rings. The predicted octanol–water partition coefficient (Wildman–Crippen LogP) is 1.18. The van der Waals surface area contributed by atoms with Crippen LogP contribution in [-0.2, 0) is 24.3 Å². The minimum atomic E-state index is -6.10. The number of nitrogens with zero attached hydrogens (tertiary/aromatic N) is 2. The summed E-state index contributed by atoms with van der Waals surface area (Å²) in [4.78, 5) is -0.366. The lowest BCUT2D eigenvalue weighted by Gasteiger charge is -2.27. The average molecular weight is 389 g/mol. The topological polar surface area (TPSA) is 130 Å². The van der Waals surface area contributed by atoms with Gasteiger partial charge in [-0.3, -0.25) is 8.65 Å². The molecule has 0 unspecified atom stereocenters. The van der Waals surface area contributed by atoms with Gasteiger partial charge in [0.1, 0.15) is 0 Å². The van der Waals surface area contributed by atoms with Crippen molar-refractivity contribution in [1.29, 1.82) is 0 Å². The van der Waals surface area contributed by atoms with Crippen LogP contribution in [0, 0.1) is 5.21 Å².